The molecule has 0 aliphatic rings. The summed E-state index contributed by atoms with van der Waals surface area (Å²) in [6, 6.07) is 0. The van der Waals surface area contributed by atoms with Crippen LogP contribution in [-0.4, -0.2) is 31.6 Å². The molecule has 8 nitrogen and oxygen atoms in total. The topological polar surface area (TPSA) is 113 Å². The Morgan fingerprint density at radius 1 is 1.54 bits per heavy atom. The van der Waals surface area contributed by atoms with E-state index in [9.17, 15) is 4.79 Å². The summed E-state index contributed by atoms with van der Waals surface area (Å²) in [6.45, 7) is 0. The van der Waals surface area contributed by atoms with E-state index in [0.29, 0.717) is 6.29 Å². The van der Waals surface area contributed by atoms with Crippen LogP contribution >= 0.6 is 0 Å². The van der Waals surface area contributed by atoms with Crippen LogP contribution in [0.15, 0.2) is 10.8 Å². The van der Waals surface area contributed by atoms with Gasteiger partial charge in [-0.3, -0.25) is 4.79 Å². The minimum Gasteiger partial charge on any atom is -0.378 e. The molecule has 0 aliphatic carbocycles. The molecule has 13 heavy (non-hydrogen) atoms. The van der Waals surface area contributed by atoms with Gasteiger partial charge in [0.2, 0.25) is 11.6 Å². The first-order chi connectivity index (χ1) is 6.31. The van der Waals surface area contributed by atoms with Gasteiger partial charge in [-0.15, -0.1) is 5.10 Å². The van der Waals surface area contributed by atoms with Crippen LogP contribution in [-0.2, 0) is 0 Å². The number of hydrogen-bond acceptors (Lipinski definition) is 7. The van der Waals surface area contributed by atoms with Crippen LogP contribution in [0.25, 0.3) is 5.82 Å². The largest absolute Gasteiger partial charge is 0.378 e. The Balaban J connectivity index is 2.46. The molecule has 0 saturated heterocycles. The van der Waals surface area contributed by atoms with Crippen LogP contribution in [0.5, 0.6) is 0 Å². The molecule has 0 amide bonds. The molecule has 0 spiro atoms. The summed E-state index contributed by atoms with van der Waals surface area (Å²) in [5, 5.41) is 13.9. The molecule has 2 aromatic heterocycles. The number of nitrogen functional groups attached to an aromatic ring is 1. The number of carbonyl (C=O) groups is 1. The second-order valence-electron chi connectivity index (χ2n) is 2.18. The van der Waals surface area contributed by atoms with Crippen molar-refractivity contribution in [1.29, 1.82) is 0 Å². The highest BCUT2D eigenvalue weighted by atomic mass is 16.6. The first kappa shape index (κ1) is 7.40. The summed E-state index contributed by atoms with van der Waals surface area (Å²) < 4.78 is 5.54. The lowest BCUT2D eigenvalue weighted by molar-refractivity contribution is 0.111. The zero-order valence-corrected chi connectivity index (χ0v) is 6.28. The molecule has 0 radical (unpaired) electrons. The number of anilines is 1. The number of aromatic nitrogens is 5. The van der Waals surface area contributed by atoms with E-state index in [1.54, 1.807) is 0 Å². The van der Waals surface area contributed by atoms with Crippen LogP contribution in [0, 0.1) is 0 Å². The highest BCUT2D eigenvalue weighted by Crippen LogP contribution is 2.08. The minimum absolute atomic E-state index is 0.0855. The molecule has 0 atom stereocenters. The zero-order valence-electron chi connectivity index (χ0n) is 6.28. The second kappa shape index (κ2) is 2.66. The molecule has 2 heterocycles. The average Bonchev–Trinajstić information content (AvgIpc) is 2.71. The highest BCUT2D eigenvalue weighted by molar-refractivity contribution is 5.70. The van der Waals surface area contributed by atoms with Gasteiger partial charge in [-0.1, -0.05) is 5.21 Å². The number of nitrogens with zero attached hydrogens (tertiary/aromatic N) is 5. The van der Waals surface area contributed by atoms with Crippen molar-refractivity contribution in [2.75, 3.05) is 5.73 Å². The van der Waals surface area contributed by atoms with Gasteiger partial charge in [0.05, 0.1) is 6.20 Å². The molecular formula is C5H4N6O2. The van der Waals surface area contributed by atoms with E-state index in [1.807, 2.05) is 0 Å². The van der Waals surface area contributed by atoms with Crippen molar-refractivity contribution in [3.8, 4) is 5.82 Å². The summed E-state index contributed by atoms with van der Waals surface area (Å²) in [6.07, 6.45) is 1.93. The van der Waals surface area contributed by atoms with Gasteiger partial charge in [-0.05, 0) is 10.3 Å². The van der Waals surface area contributed by atoms with Crippen molar-refractivity contribution in [1.82, 2.24) is 25.3 Å². The standard InChI is InChI=1S/C5H4N6O2/c6-4-5(9-13-8-4)11-1-3(2-12)7-10-11/h1-2H,(H2,6,8). The predicted octanol–water partition coefficient (Wildman–Crippen LogP) is -0.955. The van der Waals surface area contributed by atoms with E-state index in [-0.39, 0.29) is 17.3 Å². The summed E-state index contributed by atoms with van der Waals surface area (Å²) in [5.41, 5.74) is 5.56. The van der Waals surface area contributed by atoms with E-state index in [2.05, 4.69) is 25.3 Å². The quantitative estimate of drug-likeness (QED) is 0.592. The maximum Gasteiger partial charge on any atom is 0.243 e. The summed E-state index contributed by atoms with van der Waals surface area (Å²) in [4.78, 5) is 10.3. The van der Waals surface area contributed by atoms with Crippen LogP contribution < -0.4 is 5.73 Å². The molecule has 0 saturated carbocycles. The third-order valence-electron chi connectivity index (χ3n) is 1.34. The zero-order chi connectivity index (χ0) is 9.26. The molecule has 0 unspecified atom stereocenters. The normalized spacial score (nSPS) is 10.2. The lowest BCUT2D eigenvalue weighted by Gasteiger charge is -1.89. The average molecular weight is 180 g/mol. The molecule has 0 aliphatic heterocycles. The van der Waals surface area contributed by atoms with E-state index in [0.717, 1.165) is 0 Å². The maximum atomic E-state index is 10.3. The van der Waals surface area contributed by atoms with E-state index in [1.165, 1.54) is 10.9 Å². The van der Waals surface area contributed by atoms with Crippen LogP contribution in [0.4, 0.5) is 5.82 Å². The van der Waals surface area contributed by atoms with Crippen molar-refractivity contribution in [2.24, 2.45) is 0 Å². The fraction of sp³-hybridized carbons (Fsp3) is 0. The minimum atomic E-state index is 0.0855. The smallest absolute Gasteiger partial charge is 0.243 e. The van der Waals surface area contributed by atoms with Crippen LogP contribution in [0.3, 0.4) is 0 Å². The van der Waals surface area contributed by atoms with Gasteiger partial charge in [0.25, 0.3) is 0 Å². The number of aldehydes is 1. The van der Waals surface area contributed by atoms with Crippen molar-refractivity contribution in [3.05, 3.63) is 11.9 Å². The van der Waals surface area contributed by atoms with Gasteiger partial charge in [-0.2, -0.15) is 4.68 Å². The van der Waals surface area contributed by atoms with Crippen molar-refractivity contribution in [2.45, 2.75) is 0 Å². The lowest BCUT2D eigenvalue weighted by Crippen LogP contribution is -1.99. The van der Waals surface area contributed by atoms with Crippen molar-refractivity contribution in [3.63, 3.8) is 0 Å². The van der Waals surface area contributed by atoms with Crippen molar-refractivity contribution >= 4 is 12.1 Å². The Kier molecular flexibility index (Phi) is 1.51. The lowest BCUT2D eigenvalue weighted by atomic mass is 10.5. The molecular weight excluding hydrogens is 176 g/mol. The molecule has 0 fully saturated rings. The molecule has 0 bridgehead atoms. The van der Waals surface area contributed by atoms with E-state index in [4.69, 9.17) is 5.73 Å². The van der Waals surface area contributed by atoms with Gasteiger partial charge in [-0.25, -0.2) is 4.63 Å². The monoisotopic (exact) mass is 180 g/mol. The SMILES string of the molecule is Nc1nonc1-n1cc(C=O)nn1. The molecule has 66 valence electrons. The Bertz CT molecular complexity index is 432. The van der Waals surface area contributed by atoms with Crippen molar-refractivity contribution < 1.29 is 9.42 Å². The second-order valence-corrected chi connectivity index (χ2v) is 2.18. The molecule has 2 aromatic rings. The number of rotatable bonds is 2. The fourth-order valence-corrected chi connectivity index (χ4v) is 0.784. The number of carbonyl (C=O) groups excluding carboxylic acids is 1. The summed E-state index contributed by atoms with van der Waals surface area (Å²) >= 11 is 0. The Labute approximate surface area is 71.3 Å². The summed E-state index contributed by atoms with van der Waals surface area (Å²) in [5.74, 6) is 0.294. The third-order valence-corrected chi connectivity index (χ3v) is 1.34. The Morgan fingerprint density at radius 2 is 2.38 bits per heavy atom. The van der Waals surface area contributed by atoms with Crippen LogP contribution in [0.1, 0.15) is 10.5 Å². The van der Waals surface area contributed by atoms with Gasteiger partial charge in [0.15, 0.2) is 6.29 Å². The van der Waals surface area contributed by atoms with Gasteiger partial charge >= 0.3 is 0 Å². The molecule has 0 aromatic carbocycles. The Hall–Kier alpha value is -2.25. The van der Waals surface area contributed by atoms with Gasteiger partial charge < -0.3 is 5.73 Å². The predicted molar refractivity (Wildman–Crippen MR) is 39.0 cm³/mol. The first-order valence-electron chi connectivity index (χ1n) is 3.27. The highest BCUT2D eigenvalue weighted by Gasteiger charge is 2.10. The maximum absolute atomic E-state index is 10.3. The third kappa shape index (κ3) is 1.13. The van der Waals surface area contributed by atoms with E-state index < -0.39 is 0 Å². The van der Waals surface area contributed by atoms with Gasteiger partial charge in [0.1, 0.15) is 5.69 Å². The molecule has 8 heteroatoms. The number of hydrogen-bond donors (Lipinski definition) is 1. The molecule has 2 rings (SSSR count). The van der Waals surface area contributed by atoms with E-state index >= 15 is 0 Å². The Morgan fingerprint density at radius 3 is 2.92 bits per heavy atom. The summed E-state index contributed by atoms with van der Waals surface area (Å²) in [7, 11) is 0. The molecule has 2 N–H and O–H groups in total. The van der Waals surface area contributed by atoms with Gasteiger partial charge in [0, 0.05) is 0 Å². The number of nitrogens with two attached hydrogens (primary N) is 1. The van der Waals surface area contributed by atoms with Crippen LogP contribution in [0.2, 0.25) is 0 Å². The first-order valence-corrected chi connectivity index (χ1v) is 3.27. The fourth-order valence-electron chi connectivity index (χ4n) is 0.784.